The number of hydrogen-bond donors (Lipinski definition) is 1. The van der Waals surface area contributed by atoms with Gasteiger partial charge in [-0.15, -0.1) is 10.2 Å². The molecule has 0 radical (unpaired) electrons. The van der Waals surface area contributed by atoms with Gasteiger partial charge in [0.2, 0.25) is 0 Å². The Hall–Kier alpha value is -2.60. The zero-order chi connectivity index (χ0) is 14.1. The number of aromatic nitrogens is 5. The van der Waals surface area contributed by atoms with Crippen LogP contribution in [0.15, 0.2) is 48.9 Å². The van der Waals surface area contributed by atoms with Crippen LogP contribution < -0.4 is 5.32 Å². The minimum absolute atomic E-state index is 0.0254. The fraction of sp³-hybridized carbons (Fsp3) is 0.200. The van der Waals surface area contributed by atoms with E-state index in [-0.39, 0.29) is 6.04 Å². The lowest BCUT2D eigenvalue weighted by molar-refractivity contribution is 0.457. The molecule has 3 aromatic heterocycles. The smallest absolute Gasteiger partial charge is 0.182 e. The van der Waals surface area contributed by atoms with Crippen molar-refractivity contribution in [2.75, 3.05) is 6.54 Å². The van der Waals surface area contributed by atoms with Crippen LogP contribution in [0, 0.1) is 0 Å². The van der Waals surface area contributed by atoms with Gasteiger partial charge in [0, 0.05) is 31.7 Å². The van der Waals surface area contributed by atoms with E-state index in [4.69, 9.17) is 0 Å². The van der Waals surface area contributed by atoms with Crippen LogP contribution in [0.4, 0.5) is 0 Å². The normalized spacial score (nSPS) is 17.4. The third-order valence-corrected chi connectivity index (χ3v) is 3.63. The van der Waals surface area contributed by atoms with Gasteiger partial charge in [-0.2, -0.15) is 0 Å². The van der Waals surface area contributed by atoms with Crippen LogP contribution in [-0.4, -0.2) is 31.3 Å². The molecular weight excluding hydrogens is 264 g/mol. The van der Waals surface area contributed by atoms with Crippen molar-refractivity contribution in [2.45, 2.75) is 12.6 Å². The second-order valence-electron chi connectivity index (χ2n) is 4.92. The Morgan fingerprint density at radius 1 is 1.10 bits per heavy atom. The molecule has 1 aliphatic heterocycles. The number of pyridine rings is 2. The van der Waals surface area contributed by atoms with Crippen LogP contribution in [0.3, 0.4) is 0 Å². The molecule has 4 heterocycles. The number of nitrogens with one attached hydrogen (secondary N) is 1. The lowest BCUT2D eigenvalue weighted by Gasteiger charge is -2.25. The summed E-state index contributed by atoms with van der Waals surface area (Å²) in [5, 5.41) is 12.2. The summed E-state index contributed by atoms with van der Waals surface area (Å²) in [4.78, 5) is 8.56. The molecule has 3 aromatic rings. The first-order valence-corrected chi connectivity index (χ1v) is 6.91. The van der Waals surface area contributed by atoms with Crippen LogP contribution in [0.25, 0.3) is 11.5 Å². The lowest BCUT2D eigenvalue weighted by Crippen LogP contribution is -2.34. The molecule has 1 unspecified atom stereocenters. The second-order valence-corrected chi connectivity index (χ2v) is 4.92. The van der Waals surface area contributed by atoms with E-state index >= 15 is 0 Å². The Bertz CT molecular complexity index is 737. The average Bonchev–Trinajstić information content (AvgIpc) is 3.00. The standard InChI is InChI=1S/C15H14N6/c1-2-7-17-12(5-1)14-19-20-15-13(18-8-9-21(14)15)11-4-3-6-16-10-11/h1-7,10,13,18H,8-9H2. The van der Waals surface area contributed by atoms with Crippen molar-refractivity contribution in [3.8, 4) is 11.5 Å². The first kappa shape index (κ1) is 12.2. The number of nitrogens with zero attached hydrogens (tertiary/aromatic N) is 5. The van der Waals surface area contributed by atoms with E-state index in [1.807, 2.05) is 30.5 Å². The van der Waals surface area contributed by atoms with Crippen molar-refractivity contribution in [3.63, 3.8) is 0 Å². The maximum absolute atomic E-state index is 4.37. The molecule has 21 heavy (non-hydrogen) atoms. The molecule has 1 atom stereocenters. The van der Waals surface area contributed by atoms with E-state index in [9.17, 15) is 0 Å². The van der Waals surface area contributed by atoms with Crippen molar-refractivity contribution in [3.05, 3.63) is 60.3 Å². The Morgan fingerprint density at radius 3 is 2.90 bits per heavy atom. The molecule has 4 rings (SSSR count). The van der Waals surface area contributed by atoms with E-state index < -0.39 is 0 Å². The Morgan fingerprint density at radius 2 is 2.10 bits per heavy atom. The van der Waals surface area contributed by atoms with E-state index in [0.29, 0.717) is 0 Å². The number of fused-ring (bicyclic) bond motifs is 1. The summed E-state index contributed by atoms with van der Waals surface area (Å²) in [6.07, 6.45) is 5.41. The lowest BCUT2D eigenvalue weighted by atomic mass is 10.1. The summed E-state index contributed by atoms with van der Waals surface area (Å²) < 4.78 is 2.14. The maximum atomic E-state index is 4.37. The van der Waals surface area contributed by atoms with Gasteiger partial charge in [0.25, 0.3) is 0 Å². The fourth-order valence-electron chi connectivity index (χ4n) is 2.66. The van der Waals surface area contributed by atoms with Crippen molar-refractivity contribution in [1.82, 2.24) is 30.0 Å². The van der Waals surface area contributed by atoms with E-state index in [1.54, 1.807) is 12.4 Å². The van der Waals surface area contributed by atoms with Crippen molar-refractivity contribution >= 4 is 0 Å². The molecule has 0 fully saturated rings. The predicted octanol–water partition coefficient (Wildman–Crippen LogP) is 1.43. The molecule has 6 nitrogen and oxygen atoms in total. The highest BCUT2D eigenvalue weighted by Crippen LogP contribution is 2.26. The first-order chi connectivity index (χ1) is 10.4. The minimum Gasteiger partial charge on any atom is -0.307 e. The highest BCUT2D eigenvalue weighted by molar-refractivity contribution is 5.49. The highest BCUT2D eigenvalue weighted by Gasteiger charge is 2.26. The monoisotopic (exact) mass is 278 g/mol. The quantitative estimate of drug-likeness (QED) is 0.768. The van der Waals surface area contributed by atoms with Crippen LogP contribution in [0.5, 0.6) is 0 Å². The van der Waals surface area contributed by atoms with Crippen LogP contribution >= 0.6 is 0 Å². The summed E-state index contributed by atoms with van der Waals surface area (Å²) in [5.74, 6) is 1.73. The molecule has 0 saturated carbocycles. The molecule has 1 aliphatic rings. The maximum Gasteiger partial charge on any atom is 0.182 e. The second kappa shape index (κ2) is 5.06. The summed E-state index contributed by atoms with van der Waals surface area (Å²) in [5.41, 5.74) is 1.95. The average molecular weight is 278 g/mol. The number of rotatable bonds is 2. The van der Waals surface area contributed by atoms with Gasteiger partial charge in [-0.05, 0) is 23.8 Å². The molecule has 0 bridgehead atoms. The van der Waals surface area contributed by atoms with Gasteiger partial charge in [-0.1, -0.05) is 12.1 Å². The van der Waals surface area contributed by atoms with Gasteiger partial charge in [0.05, 0.1) is 6.04 Å². The van der Waals surface area contributed by atoms with E-state index in [1.165, 1.54) is 0 Å². The molecule has 0 amide bonds. The van der Waals surface area contributed by atoms with E-state index in [0.717, 1.165) is 36.0 Å². The number of hydrogen-bond acceptors (Lipinski definition) is 5. The van der Waals surface area contributed by atoms with Gasteiger partial charge in [0.15, 0.2) is 11.6 Å². The topological polar surface area (TPSA) is 68.5 Å². The minimum atomic E-state index is 0.0254. The Kier molecular flexibility index (Phi) is 2.93. The third-order valence-electron chi connectivity index (χ3n) is 3.63. The summed E-state index contributed by atoms with van der Waals surface area (Å²) in [7, 11) is 0. The molecule has 1 N–H and O–H groups in total. The molecule has 0 saturated heterocycles. The third kappa shape index (κ3) is 2.09. The Labute approximate surface area is 121 Å². The summed E-state index contributed by atoms with van der Waals surface area (Å²) in [6.45, 7) is 1.70. The van der Waals surface area contributed by atoms with E-state index in [2.05, 4.69) is 36.1 Å². The molecular formula is C15H14N6. The van der Waals surface area contributed by atoms with Crippen molar-refractivity contribution < 1.29 is 0 Å². The zero-order valence-electron chi connectivity index (χ0n) is 11.3. The molecule has 0 spiro atoms. The molecule has 0 aromatic carbocycles. The largest absolute Gasteiger partial charge is 0.307 e. The SMILES string of the molecule is c1ccc(-c2nnc3n2CCNC3c2cccnc2)nc1. The van der Waals surface area contributed by atoms with Crippen LogP contribution in [0.1, 0.15) is 17.4 Å². The molecule has 104 valence electrons. The zero-order valence-corrected chi connectivity index (χ0v) is 11.3. The summed E-state index contributed by atoms with van der Waals surface area (Å²) in [6, 6.07) is 9.83. The highest BCUT2D eigenvalue weighted by atomic mass is 15.3. The van der Waals surface area contributed by atoms with Crippen LogP contribution in [0.2, 0.25) is 0 Å². The van der Waals surface area contributed by atoms with Gasteiger partial charge >= 0.3 is 0 Å². The molecule has 6 heteroatoms. The summed E-state index contributed by atoms with van der Waals surface area (Å²) >= 11 is 0. The van der Waals surface area contributed by atoms with Gasteiger partial charge in [-0.3, -0.25) is 9.97 Å². The fourth-order valence-corrected chi connectivity index (χ4v) is 2.66. The van der Waals surface area contributed by atoms with Gasteiger partial charge in [0.1, 0.15) is 5.69 Å². The van der Waals surface area contributed by atoms with Crippen molar-refractivity contribution in [2.24, 2.45) is 0 Å². The first-order valence-electron chi connectivity index (χ1n) is 6.91. The van der Waals surface area contributed by atoms with Gasteiger partial charge in [-0.25, -0.2) is 0 Å². The van der Waals surface area contributed by atoms with Gasteiger partial charge < -0.3 is 9.88 Å². The predicted molar refractivity (Wildman–Crippen MR) is 77.3 cm³/mol. The van der Waals surface area contributed by atoms with Crippen LogP contribution in [-0.2, 0) is 6.54 Å². The van der Waals surface area contributed by atoms with Crippen molar-refractivity contribution in [1.29, 1.82) is 0 Å². The molecule has 0 aliphatic carbocycles. The Balaban J connectivity index is 1.79.